The van der Waals surface area contributed by atoms with Gasteiger partial charge in [0.2, 0.25) is 0 Å². The third-order valence-electron chi connectivity index (χ3n) is 2.08. The van der Waals surface area contributed by atoms with Gasteiger partial charge in [0.05, 0.1) is 12.5 Å². The van der Waals surface area contributed by atoms with Gasteiger partial charge in [-0.05, 0) is 24.3 Å². The first kappa shape index (κ1) is 19.2. The second-order valence-corrected chi connectivity index (χ2v) is 5.10. The molecule has 3 unspecified atom stereocenters. The van der Waals surface area contributed by atoms with Crippen LogP contribution in [-0.4, -0.2) is 42.9 Å². The summed E-state index contributed by atoms with van der Waals surface area (Å²) in [6.07, 6.45) is 0.659. The van der Waals surface area contributed by atoms with Crippen LogP contribution in [-0.2, 0) is 23.1 Å². The van der Waals surface area contributed by atoms with Gasteiger partial charge in [-0.3, -0.25) is 0 Å². The fraction of sp³-hybridized carbons (Fsp3) is 1.00. The summed E-state index contributed by atoms with van der Waals surface area (Å²) in [6.45, 7) is 6.13. The molecule has 3 atom stereocenters. The molecule has 8 heteroatoms. The number of aliphatic hydroxyl groups is 1. The lowest BCUT2D eigenvalue weighted by Gasteiger charge is -2.27. The molecule has 0 aromatic carbocycles. The van der Waals surface area contributed by atoms with E-state index in [4.69, 9.17) is 30.1 Å². The topological polar surface area (TPSA) is 74.2 Å². The van der Waals surface area contributed by atoms with Crippen molar-refractivity contribution in [1.82, 2.24) is 0 Å². The summed E-state index contributed by atoms with van der Waals surface area (Å²) in [5, 5.41) is 10.2. The molecule has 0 amide bonds. The standard InChI is InChI=1S/C11H23ClO6P/c1-4-7-15-10(3)11(13,16-8-5-2)18-19(14)17-9-6-12/h10,13H,4-9H2,1-3H3/q+1. The van der Waals surface area contributed by atoms with Crippen molar-refractivity contribution in [2.45, 2.75) is 45.7 Å². The second-order valence-electron chi connectivity index (χ2n) is 3.83. The van der Waals surface area contributed by atoms with Crippen LogP contribution in [0.1, 0.15) is 33.6 Å². The van der Waals surface area contributed by atoms with Crippen molar-refractivity contribution in [3.05, 3.63) is 0 Å². The van der Waals surface area contributed by atoms with E-state index in [1.807, 2.05) is 13.8 Å². The Morgan fingerprint density at radius 1 is 1.26 bits per heavy atom. The van der Waals surface area contributed by atoms with Gasteiger partial charge in [0.15, 0.2) is 0 Å². The molecular formula is C11H23ClO6P+. The fourth-order valence-electron chi connectivity index (χ4n) is 1.11. The molecule has 0 saturated carbocycles. The molecule has 0 fully saturated rings. The van der Waals surface area contributed by atoms with Gasteiger partial charge in [-0.2, -0.15) is 0 Å². The molecule has 0 radical (unpaired) electrons. The van der Waals surface area contributed by atoms with E-state index in [1.165, 1.54) is 0 Å². The molecule has 0 bridgehead atoms. The molecule has 0 aromatic heterocycles. The first-order chi connectivity index (χ1) is 9.00. The van der Waals surface area contributed by atoms with Gasteiger partial charge in [0, 0.05) is 11.2 Å². The highest BCUT2D eigenvalue weighted by atomic mass is 35.5. The lowest BCUT2D eigenvalue weighted by atomic mass is 10.3. The average molecular weight is 318 g/mol. The summed E-state index contributed by atoms with van der Waals surface area (Å²) >= 11 is 5.40. The molecule has 0 aliphatic rings. The second kappa shape index (κ2) is 10.9. The van der Waals surface area contributed by atoms with Gasteiger partial charge in [0.25, 0.3) is 0 Å². The average Bonchev–Trinajstić information content (AvgIpc) is 2.40. The summed E-state index contributed by atoms with van der Waals surface area (Å²) in [7, 11) is -2.53. The molecule has 0 aromatic rings. The van der Waals surface area contributed by atoms with Crippen molar-refractivity contribution in [2.24, 2.45) is 0 Å². The molecule has 0 saturated heterocycles. The van der Waals surface area contributed by atoms with E-state index in [-0.39, 0.29) is 19.1 Å². The summed E-state index contributed by atoms with van der Waals surface area (Å²) in [5.41, 5.74) is 0. The monoisotopic (exact) mass is 317 g/mol. The van der Waals surface area contributed by atoms with Crippen LogP contribution in [0.25, 0.3) is 0 Å². The number of alkyl halides is 1. The predicted molar refractivity (Wildman–Crippen MR) is 72.3 cm³/mol. The van der Waals surface area contributed by atoms with Gasteiger partial charge >= 0.3 is 14.2 Å². The summed E-state index contributed by atoms with van der Waals surface area (Å²) < 4.78 is 31.8. The normalized spacial score (nSPS) is 17.0. The molecule has 0 heterocycles. The Balaban J connectivity index is 4.51. The Kier molecular flexibility index (Phi) is 11.0. The van der Waals surface area contributed by atoms with Crippen molar-refractivity contribution >= 4 is 19.9 Å². The smallest absolute Gasteiger partial charge is 0.370 e. The fourth-order valence-corrected chi connectivity index (χ4v) is 2.00. The molecule has 0 spiro atoms. The number of hydrogen-bond acceptors (Lipinski definition) is 6. The van der Waals surface area contributed by atoms with E-state index in [0.717, 1.165) is 6.42 Å². The van der Waals surface area contributed by atoms with E-state index in [1.54, 1.807) is 6.92 Å². The molecule has 6 nitrogen and oxygen atoms in total. The molecule has 0 aliphatic carbocycles. The number of rotatable bonds is 12. The van der Waals surface area contributed by atoms with Crippen molar-refractivity contribution < 1.29 is 28.2 Å². The predicted octanol–water partition coefficient (Wildman–Crippen LogP) is 2.80. The van der Waals surface area contributed by atoms with Crippen molar-refractivity contribution in [1.29, 1.82) is 0 Å². The Bertz CT molecular complexity index is 255. The molecule has 0 rings (SSSR count). The van der Waals surface area contributed by atoms with E-state index in [9.17, 15) is 9.67 Å². The molecular weight excluding hydrogens is 295 g/mol. The highest BCUT2D eigenvalue weighted by Gasteiger charge is 2.47. The van der Waals surface area contributed by atoms with Crippen LogP contribution in [0.3, 0.4) is 0 Å². The first-order valence-electron chi connectivity index (χ1n) is 6.33. The molecule has 114 valence electrons. The summed E-state index contributed by atoms with van der Waals surface area (Å²) in [6, 6.07) is 0. The summed E-state index contributed by atoms with van der Waals surface area (Å²) in [4.78, 5) is 0. The van der Waals surface area contributed by atoms with E-state index >= 15 is 0 Å². The largest absolute Gasteiger partial charge is 0.703 e. The lowest BCUT2D eigenvalue weighted by molar-refractivity contribution is -0.363. The minimum Gasteiger partial charge on any atom is -0.370 e. The molecule has 1 N–H and O–H groups in total. The zero-order chi connectivity index (χ0) is 14.7. The van der Waals surface area contributed by atoms with E-state index in [0.29, 0.717) is 13.0 Å². The zero-order valence-corrected chi connectivity index (χ0v) is 13.3. The van der Waals surface area contributed by atoms with Gasteiger partial charge < -0.3 is 14.6 Å². The van der Waals surface area contributed by atoms with E-state index < -0.39 is 20.3 Å². The number of halogens is 1. The van der Waals surface area contributed by atoms with Gasteiger partial charge in [-0.25, -0.2) is 0 Å². The Morgan fingerprint density at radius 3 is 2.42 bits per heavy atom. The molecule has 19 heavy (non-hydrogen) atoms. The maximum atomic E-state index is 11.5. The third-order valence-corrected chi connectivity index (χ3v) is 3.04. The minimum atomic E-state index is -2.53. The maximum absolute atomic E-state index is 11.5. The Hall–Kier alpha value is 0.190. The van der Waals surface area contributed by atoms with Crippen molar-refractivity contribution in [3.8, 4) is 0 Å². The lowest BCUT2D eigenvalue weighted by Crippen LogP contribution is -2.46. The number of ether oxygens (including phenoxy) is 2. The Morgan fingerprint density at radius 2 is 1.89 bits per heavy atom. The van der Waals surface area contributed by atoms with Crippen LogP contribution in [0.4, 0.5) is 0 Å². The number of hydrogen-bond donors (Lipinski definition) is 1. The zero-order valence-electron chi connectivity index (χ0n) is 11.6. The van der Waals surface area contributed by atoms with Crippen molar-refractivity contribution in [2.75, 3.05) is 25.7 Å². The first-order valence-corrected chi connectivity index (χ1v) is 7.96. The SMILES string of the molecule is CCCOC(C)C(O)(OCCC)O[P+](=O)OCCCl. The summed E-state index contributed by atoms with van der Waals surface area (Å²) in [5.74, 6) is -1.91. The van der Waals surface area contributed by atoms with Gasteiger partial charge in [-0.1, -0.05) is 13.8 Å². The third kappa shape index (κ3) is 8.15. The van der Waals surface area contributed by atoms with Crippen molar-refractivity contribution in [3.63, 3.8) is 0 Å². The molecule has 0 aliphatic heterocycles. The maximum Gasteiger partial charge on any atom is 0.703 e. The van der Waals surface area contributed by atoms with Crippen LogP contribution >= 0.6 is 19.9 Å². The van der Waals surface area contributed by atoms with Crippen LogP contribution in [0.15, 0.2) is 0 Å². The highest BCUT2D eigenvalue weighted by Crippen LogP contribution is 2.33. The Labute approximate surface area is 120 Å². The van der Waals surface area contributed by atoms with Crippen LogP contribution in [0.5, 0.6) is 0 Å². The van der Waals surface area contributed by atoms with Crippen LogP contribution < -0.4 is 0 Å². The quantitative estimate of drug-likeness (QED) is 0.339. The van der Waals surface area contributed by atoms with Gasteiger partial charge in [0.1, 0.15) is 12.7 Å². The highest BCUT2D eigenvalue weighted by molar-refractivity contribution is 7.33. The van der Waals surface area contributed by atoms with Gasteiger partial charge in [-0.15, -0.1) is 16.1 Å². The minimum absolute atomic E-state index is 0.0603. The van der Waals surface area contributed by atoms with Crippen LogP contribution in [0.2, 0.25) is 0 Å². The van der Waals surface area contributed by atoms with E-state index in [2.05, 4.69) is 0 Å². The van der Waals surface area contributed by atoms with Crippen LogP contribution in [0, 0.1) is 0 Å².